The number of amides is 1. The van der Waals surface area contributed by atoms with Crippen molar-refractivity contribution in [3.63, 3.8) is 0 Å². The van der Waals surface area contributed by atoms with Crippen molar-refractivity contribution in [2.24, 2.45) is 5.92 Å². The number of nitrogens with one attached hydrogen (secondary N) is 1. The van der Waals surface area contributed by atoms with Crippen LogP contribution in [0.3, 0.4) is 0 Å². The summed E-state index contributed by atoms with van der Waals surface area (Å²) in [5.41, 5.74) is 0.0824. The Morgan fingerprint density at radius 1 is 1.63 bits per heavy atom. The van der Waals surface area contributed by atoms with Crippen LogP contribution in [0.4, 0.5) is 0 Å². The van der Waals surface area contributed by atoms with Gasteiger partial charge in [-0.2, -0.15) is 0 Å². The van der Waals surface area contributed by atoms with Crippen LogP contribution in [0, 0.1) is 5.92 Å². The fraction of sp³-hybridized carbons (Fsp3) is 0.769. The third-order valence-electron chi connectivity index (χ3n) is 3.74. The molecule has 2 rings (SSSR count). The maximum absolute atomic E-state index is 11.8. The molecule has 1 saturated carbocycles. The Morgan fingerprint density at radius 3 is 2.89 bits per heavy atom. The van der Waals surface area contributed by atoms with Gasteiger partial charge in [0.05, 0.1) is 11.3 Å². The number of carbonyl (C=O) groups excluding carboxylic acids is 1. The maximum Gasteiger partial charge on any atom is 0.241 e. The summed E-state index contributed by atoms with van der Waals surface area (Å²) < 4.78 is 1.55. The topological polar surface area (TPSA) is 80.0 Å². The Bertz CT molecular complexity index is 449. The van der Waals surface area contributed by atoms with Gasteiger partial charge in [-0.15, -0.1) is 5.10 Å². The molecule has 0 saturated heterocycles. The summed E-state index contributed by atoms with van der Waals surface area (Å²) in [5.74, 6) is 0.465. The van der Waals surface area contributed by atoms with E-state index in [1.807, 2.05) is 20.0 Å². The fourth-order valence-electron chi connectivity index (χ4n) is 1.64. The smallest absolute Gasteiger partial charge is 0.241 e. The van der Waals surface area contributed by atoms with Crippen LogP contribution in [-0.2, 0) is 11.3 Å². The van der Waals surface area contributed by atoms with E-state index in [0.29, 0.717) is 5.92 Å². The SMILES string of the molecule is CC(C)C(C)(O)CNC(=O)Cn1cc(C2CC2)nn1. The fourth-order valence-corrected chi connectivity index (χ4v) is 1.64. The predicted octanol–water partition coefficient (Wildman–Crippen LogP) is 0.679. The third-order valence-corrected chi connectivity index (χ3v) is 3.74. The van der Waals surface area contributed by atoms with Gasteiger partial charge in [0.1, 0.15) is 6.54 Å². The van der Waals surface area contributed by atoms with E-state index >= 15 is 0 Å². The molecule has 6 nitrogen and oxygen atoms in total. The zero-order valence-corrected chi connectivity index (χ0v) is 11.8. The van der Waals surface area contributed by atoms with Gasteiger partial charge in [0.15, 0.2) is 0 Å². The molecule has 1 atom stereocenters. The second-order valence-electron chi connectivity index (χ2n) is 5.90. The summed E-state index contributed by atoms with van der Waals surface area (Å²) in [7, 11) is 0. The lowest BCUT2D eigenvalue weighted by molar-refractivity contribution is -0.123. The van der Waals surface area contributed by atoms with Gasteiger partial charge in [0.2, 0.25) is 5.91 Å². The Morgan fingerprint density at radius 2 is 2.32 bits per heavy atom. The van der Waals surface area contributed by atoms with E-state index in [4.69, 9.17) is 0 Å². The normalized spacial score (nSPS) is 18.4. The van der Waals surface area contributed by atoms with Crippen molar-refractivity contribution in [3.8, 4) is 0 Å². The Hall–Kier alpha value is -1.43. The highest BCUT2D eigenvalue weighted by Crippen LogP contribution is 2.38. The highest BCUT2D eigenvalue weighted by molar-refractivity contribution is 5.75. The Balaban J connectivity index is 1.80. The average Bonchev–Trinajstić information content (AvgIpc) is 3.08. The van der Waals surface area contributed by atoms with Gasteiger partial charge in [-0.3, -0.25) is 4.79 Å². The number of nitrogens with zero attached hydrogens (tertiary/aromatic N) is 3. The van der Waals surface area contributed by atoms with Crippen LogP contribution in [0.1, 0.15) is 45.2 Å². The highest BCUT2D eigenvalue weighted by Gasteiger charge is 2.27. The summed E-state index contributed by atoms with van der Waals surface area (Å²) in [6.45, 7) is 5.96. The van der Waals surface area contributed by atoms with Gasteiger partial charge in [-0.25, -0.2) is 4.68 Å². The molecule has 0 aromatic carbocycles. The minimum absolute atomic E-state index is 0.0839. The molecule has 0 bridgehead atoms. The van der Waals surface area contributed by atoms with E-state index < -0.39 is 5.60 Å². The molecular formula is C13H22N4O2. The highest BCUT2D eigenvalue weighted by atomic mass is 16.3. The number of rotatable bonds is 6. The summed E-state index contributed by atoms with van der Waals surface area (Å²) in [6, 6.07) is 0. The average molecular weight is 266 g/mol. The zero-order chi connectivity index (χ0) is 14.0. The second-order valence-corrected chi connectivity index (χ2v) is 5.90. The van der Waals surface area contributed by atoms with Crippen LogP contribution in [-0.4, -0.2) is 38.2 Å². The molecule has 0 spiro atoms. The lowest BCUT2D eigenvalue weighted by Gasteiger charge is -2.27. The predicted molar refractivity (Wildman–Crippen MR) is 70.5 cm³/mol. The maximum atomic E-state index is 11.8. The monoisotopic (exact) mass is 266 g/mol. The first-order chi connectivity index (χ1) is 8.88. The molecule has 1 aromatic heterocycles. The minimum atomic E-state index is -0.892. The molecule has 1 aromatic rings. The molecule has 1 fully saturated rings. The van der Waals surface area contributed by atoms with E-state index in [0.717, 1.165) is 5.69 Å². The molecule has 0 aliphatic heterocycles. The Labute approximate surface area is 113 Å². The van der Waals surface area contributed by atoms with E-state index in [1.54, 1.807) is 11.6 Å². The van der Waals surface area contributed by atoms with Gasteiger partial charge < -0.3 is 10.4 Å². The summed E-state index contributed by atoms with van der Waals surface area (Å²) >= 11 is 0. The summed E-state index contributed by atoms with van der Waals surface area (Å²) in [4.78, 5) is 11.8. The molecular weight excluding hydrogens is 244 g/mol. The second kappa shape index (κ2) is 5.28. The Kier molecular flexibility index (Phi) is 3.89. The number of carbonyl (C=O) groups is 1. The van der Waals surface area contributed by atoms with E-state index in [-0.39, 0.29) is 24.9 Å². The molecule has 1 unspecified atom stereocenters. The van der Waals surface area contributed by atoms with Crippen LogP contribution in [0.2, 0.25) is 0 Å². The van der Waals surface area contributed by atoms with Crippen LogP contribution in [0.25, 0.3) is 0 Å². The molecule has 19 heavy (non-hydrogen) atoms. The quantitative estimate of drug-likeness (QED) is 0.793. The number of aromatic nitrogens is 3. The lowest BCUT2D eigenvalue weighted by atomic mass is 9.92. The third kappa shape index (κ3) is 3.76. The molecule has 2 N–H and O–H groups in total. The number of hydrogen-bond donors (Lipinski definition) is 2. The first kappa shape index (κ1) is 14.0. The van der Waals surface area contributed by atoms with Gasteiger partial charge in [0, 0.05) is 18.7 Å². The van der Waals surface area contributed by atoms with Gasteiger partial charge >= 0.3 is 0 Å². The lowest BCUT2D eigenvalue weighted by Crippen LogP contribution is -2.45. The van der Waals surface area contributed by atoms with Gasteiger partial charge in [-0.05, 0) is 25.7 Å². The van der Waals surface area contributed by atoms with Crippen molar-refractivity contribution in [2.45, 2.75) is 51.7 Å². The van der Waals surface area contributed by atoms with Crippen LogP contribution in [0.15, 0.2) is 6.20 Å². The molecule has 106 valence electrons. The molecule has 0 radical (unpaired) electrons. The minimum Gasteiger partial charge on any atom is -0.388 e. The molecule has 6 heteroatoms. The van der Waals surface area contributed by atoms with Crippen LogP contribution >= 0.6 is 0 Å². The molecule has 1 amide bonds. The first-order valence-electron chi connectivity index (χ1n) is 6.77. The van der Waals surface area contributed by atoms with Gasteiger partial charge in [0.25, 0.3) is 0 Å². The summed E-state index contributed by atoms with van der Waals surface area (Å²) in [6.07, 6.45) is 4.17. The van der Waals surface area contributed by atoms with Crippen molar-refractivity contribution in [1.82, 2.24) is 20.3 Å². The van der Waals surface area contributed by atoms with Crippen molar-refractivity contribution in [3.05, 3.63) is 11.9 Å². The standard InChI is InChI=1S/C13H22N4O2/c1-9(2)13(3,19)8-14-12(18)7-17-6-11(15-16-17)10-4-5-10/h6,9-10,19H,4-5,7-8H2,1-3H3,(H,14,18). The van der Waals surface area contributed by atoms with Crippen molar-refractivity contribution < 1.29 is 9.90 Å². The van der Waals surface area contributed by atoms with E-state index in [9.17, 15) is 9.90 Å². The summed E-state index contributed by atoms with van der Waals surface area (Å²) in [5, 5.41) is 20.8. The van der Waals surface area contributed by atoms with Gasteiger partial charge in [-0.1, -0.05) is 19.1 Å². The van der Waals surface area contributed by atoms with Crippen molar-refractivity contribution >= 4 is 5.91 Å². The van der Waals surface area contributed by atoms with Crippen LogP contribution < -0.4 is 5.32 Å². The number of aliphatic hydroxyl groups is 1. The number of hydrogen-bond acceptors (Lipinski definition) is 4. The zero-order valence-electron chi connectivity index (χ0n) is 11.8. The van der Waals surface area contributed by atoms with E-state index in [1.165, 1.54) is 12.8 Å². The molecule has 1 heterocycles. The molecule has 1 aliphatic carbocycles. The van der Waals surface area contributed by atoms with Crippen molar-refractivity contribution in [1.29, 1.82) is 0 Å². The first-order valence-corrected chi connectivity index (χ1v) is 6.77. The van der Waals surface area contributed by atoms with Crippen molar-refractivity contribution in [2.75, 3.05) is 6.54 Å². The van der Waals surface area contributed by atoms with E-state index in [2.05, 4.69) is 15.6 Å². The molecule has 1 aliphatic rings. The largest absolute Gasteiger partial charge is 0.388 e. The van der Waals surface area contributed by atoms with Crippen LogP contribution in [0.5, 0.6) is 0 Å².